The van der Waals surface area contributed by atoms with Crippen molar-refractivity contribution < 1.29 is 4.79 Å². The molecule has 2 nitrogen and oxygen atoms in total. The van der Waals surface area contributed by atoms with Crippen LogP contribution < -0.4 is 5.32 Å². The van der Waals surface area contributed by atoms with Crippen LogP contribution in [0.3, 0.4) is 0 Å². The normalized spacial score (nSPS) is 22.3. The molecule has 4 heteroatoms. The fraction of sp³-hybridized carbons (Fsp3) is 0.357. The molecule has 0 bridgehead atoms. The lowest BCUT2D eigenvalue weighted by Gasteiger charge is -2.19. The molecule has 0 aromatic heterocycles. The number of halogens is 2. The first-order valence-corrected chi connectivity index (χ1v) is 7.61. The van der Waals surface area contributed by atoms with Gasteiger partial charge >= 0.3 is 0 Å². The van der Waals surface area contributed by atoms with Crippen molar-refractivity contribution in [3.8, 4) is 0 Å². The van der Waals surface area contributed by atoms with Crippen LogP contribution in [-0.4, -0.2) is 5.78 Å². The predicted molar refractivity (Wildman–Crippen MR) is 81.6 cm³/mol. The van der Waals surface area contributed by atoms with E-state index in [2.05, 4.69) is 37.2 Å². The molecular formula is C14H15Br2NO. The maximum atomic E-state index is 12.0. The Morgan fingerprint density at radius 2 is 2.17 bits per heavy atom. The number of benzene rings is 1. The summed E-state index contributed by atoms with van der Waals surface area (Å²) in [5, 5.41) is 3.21. The van der Waals surface area contributed by atoms with Crippen LogP contribution in [0.4, 0.5) is 5.69 Å². The number of carbonyl (C=O) groups is 1. The average molecular weight is 373 g/mol. The average Bonchev–Trinajstić information content (AvgIpc) is 2.33. The van der Waals surface area contributed by atoms with Gasteiger partial charge in [-0.25, -0.2) is 0 Å². The van der Waals surface area contributed by atoms with Crippen molar-refractivity contribution in [1.82, 2.24) is 0 Å². The molecule has 0 unspecified atom stereocenters. The number of hydrogen-bond acceptors (Lipinski definition) is 2. The van der Waals surface area contributed by atoms with Gasteiger partial charge in [0.25, 0.3) is 0 Å². The van der Waals surface area contributed by atoms with Crippen LogP contribution in [0.2, 0.25) is 0 Å². The Morgan fingerprint density at radius 1 is 1.39 bits per heavy atom. The zero-order valence-electron chi connectivity index (χ0n) is 10.2. The van der Waals surface area contributed by atoms with Crippen molar-refractivity contribution in [2.75, 3.05) is 5.32 Å². The van der Waals surface area contributed by atoms with Gasteiger partial charge in [0, 0.05) is 26.6 Å². The van der Waals surface area contributed by atoms with Crippen LogP contribution in [0.25, 0.3) is 0 Å². The maximum Gasteiger partial charge on any atom is 0.163 e. The fourth-order valence-corrected chi connectivity index (χ4v) is 3.25. The standard InChI is InChI=1S/C14H15Br2NO/c1-9-3-2-4-10(14(9)18)8-17-13-6-5-11(15)7-12(13)16/h5-9,17H,2-4H2,1H3/b10-8-/t9-/m1/s1. The number of rotatable bonds is 2. The Labute approximate surface area is 124 Å². The van der Waals surface area contributed by atoms with Gasteiger partial charge < -0.3 is 5.32 Å². The molecule has 18 heavy (non-hydrogen) atoms. The molecule has 0 amide bonds. The lowest BCUT2D eigenvalue weighted by Crippen LogP contribution is -2.19. The van der Waals surface area contributed by atoms with Crippen LogP contribution in [0, 0.1) is 5.92 Å². The third kappa shape index (κ3) is 3.23. The number of nitrogens with one attached hydrogen (secondary N) is 1. The van der Waals surface area contributed by atoms with Gasteiger partial charge in [0.1, 0.15) is 0 Å². The second-order valence-electron chi connectivity index (χ2n) is 4.60. The van der Waals surface area contributed by atoms with Gasteiger partial charge in [-0.15, -0.1) is 0 Å². The molecule has 1 saturated carbocycles. The predicted octanol–water partition coefficient (Wildman–Crippen LogP) is 4.90. The zero-order chi connectivity index (χ0) is 13.1. The van der Waals surface area contributed by atoms with E-state index in [-0.39, 0.29) is 11.7 Å². The molecule has 0 saturated heterocycles. The maximum absolute atomic E-state index is 12.0. The van der Waals surface area contributed by atoms with Crippen molar-refractivity contribution >= 4 is 43.3 Å². The smallest absolute Gasteiger partial charge is 0.163 e. The van der Waals surface area contributed by atoms with Gasteiger partial charge in [-0.05, 0) is 53.4 Å². The van der Waals surface area contributed by atoms with Crippen LogP contribution in [0.15, 0.2) is 38.9 Å². The van der Waals surface area contributed by atoms with Crippen LogP contribution in [0.5, 0.6) is 0 Å². The summed E-state index contributed by atoms with van der Waals surface area (Å²) in [6.45, 7) is 2.00. The summed E-state index contributed by atoms with van der Waals surface area (Å²) in [5.74, 6) is 0.446. The summed E-state index contributed by atoms with van der Waals surface area (Å²) in [5.41, 5.74) is 1.88. The Balaban J connectivity index is 2.12. The first-order valence-electron chi connectivity index (χ1n) is 6.03. The molecule has 1 aliphatic rings. The molecule has 0 radical (unpaired) electrons. The highest BCUT2D eigenvalue weighted by Gasteiger charge is 2.22. The van der Waals surface area contributed by atoms with Crippen LogP contribution in [-0.2, 0) is 4.79 Å². The third-order valence-corrected chi connectivity index (χ3v) is 4.33. The topological polar surface area (TPSA) is 29.1 Å². The molecule has 0 aliphatic heterocycles. The van der Waals surface area contributed by atoms with Gasteiger partial charge in [0.15, 0.2) is 5.78 Å². The SMILES string of the molecule is C[C@@H]1CCC/C(=C/Nc2ccc(Br)cc2Br)C1=O. The van der Waals surface area contributed by atoms with Gasteiger partial charge in [0.2, 0.25) is 0 Å². The van der Waals surface area contributed by atoms with E-state index < -0.39 is 0 Å². The highest BCUT2D eigenvalue weighted by atomic mass is 79.9. The number of Topliss-reactive ketones (excluding diaryl/α,β-unsaturated/α-hetero) is 1. The number of ketones is 1. The molecule has 1 aromatic rings. The summed E-state index contributed by atoms with van der Waals surface area (Å²) in [6.07, 6.45) is 4.84. The minimum absolute atomic E-state index is 0.167. The molecule has 1 aromatic carbocycles. The van der Waals surface area contributed by atoms with E-state index >= 15 is 0 Å². The summed E-state index contributed by atoms with van der Waals surface area (Å²) in [7, 11) is 0. The molecule has 2 rings (SSSR count). The minimum Gasteiger partial charge on any atom is -0.360 e. The molecule has 0 heterocycles. The quantitative estimate of drug-likeness (QED) is 0.748. The lowest BCUT2D eigenvalue weighted by molar-refractivity contribution is -0.119. The number of hydrogen-bond donors (Lipinski definition) is 1. The van der Waals surface area contributed by atoms with E-state index in [1.165, 1.54) is 0 Å². The minimum atomic E-state index is 0.167. The fourth-order valence-electron chi connectivity index (χ4n) is 2.08. The Morgan fingerprint density at radius 3 is 2.89 bits per heavy atom. The Kier molecular flexibility index (Phi) is 4.62. The molecular weight excluding hydrogens is 358 g/mol. The molecule has 1 atom stereocenters. The Hall–Kier alpha value is -0.610. The largest absolute Gasteiger partial charge is 0.360 e. The summed E-state index contributed by atoms with van der Waals surface area (Å²) in [6, 6.07) is 5.92. The summed E-state index contributed by atoms with van der Waals surface area (Å²) >= 11 is 6.91. The third-order valence-electron chi connectivity index (χ3n) is 3.18. The van der Waals surface area contributed by atoms with Crippen molar-refractivity contribution in [2.45, 2.75) is 26.2 Å². The number of allylic oxidation sites excluding steroid dienone is 1. The van der Waals surface area contributed by atoms with Crippen molar-refractivity contribution in [3.63, 3.8) is 0 Å². The lowest BCUT2D eigenvalue weighted by atomic mass is 9.86. The van der Waals surface area contributed by atoms with E-state index in [0.29, 0.717) is 0 Å². The molecule has 1 N–H and O–H groups in total. The summed E-state index contributed by atoms with van der Waals surface area (Å²) in [4.78, 5) is 12.0. The van der Waals surface area contributed by atoms with E-state index in [1.807, 2.05) is 31.3 Å². The van der Waals surface area contributed by atoms with Crippen molar-refractivity contribution in [2.24, 2.45) is 5.92 Å². The van der Waals surface area contributed by atoms with Gasteiger partial charge in [-0.2, -0.15) is 0 Å². The Bertz CT molecular complexity index is 497. The second kappa shape index (κ2) is 6.02. The van der Waals surface area contributed by atoms with Crippen LogP contribution >= 0.6 is 31.9 Å². The first-order chi connectivity index (χ1) is 8.58. The number of carbonyl (C=O) groups excluding carboxylic acids is 1. The monoisotopic (exact) mass is 371 g/mol. The molecule has 0 spiro atoms. The number of anilines is 1. The van der Waals surface area contributed by atoms with E-state index in [9.17, 15) is 4.79 Å². The van der Waals surface area contributed by atoms with Gasteiger partial charge in [-0.3, -0.25) is 4.79 Å². The highest BCUT2D eigenvalue weighted by Crippen LogP contribution is 2.28. The summed E-state index contributed by atoms with van der Waals surface area (Å²) < 4.78 is 2.00. The van der Waals surface area contributed by atoms with E-state index in [4.69, 9.17) is 0 Å². The van der Waals surface area contributed by atoms with Crippen LogP contribution in [0.1, 0.15) is 26.2 Å². The van der Waals surface area contributed by atoms with Gasteiger partial charge in [-0.1, -0.05) is 22.9 Å². The highest BCUT2D eigenvalue weighted by molar-refractivity contribution is 9.11. The van der Waals surface area contributed by atoms with Crippen molar-refractivity contribution in [1.29, 1.82) is 0 Å². The molecule has 1 aliphatic carbocycles. The molecule has 96 valence electrons. The van der Waals surface area contributed by atoms with E-state index in [1.54, 1.807) is 0 Å². The second-order valence-corrected chi connectivity index (χ2v) is 6.37. The van der Waals surface area contributed by atoms with E-state index in [0.717, 1.165) is 39.5 Å². The van der Waals surface area contributed by atoms with Crippen molar-refractivity contribution in [3.05, 3.63) is 38.9 Å². The van der Waals surface area contributed by atoms with Gasteiger partial charge in [0.05, 0.1) is 5.69 Å². The zero-order valence-corrected chi connectivity index (χ0v) is 13.3. The molecule has 1 fully saturated rings. The first kappa shape index (κ1) is 13.8.